The summed E-state index contributed by atoms with van der Waals surface area (Å²) in [5, 5.41) is 5.75. The quantitative estimate of drug-likeness (QED) is 0.788. The van der Waals surface area contributed by atoms with Gasteiger partial charge in [-0.2, -0.15) is 0 Å². The van der Waals surface area contributed by atoms with E-state index in [-0.39, 0.29) is 6.04 Å². The fourth-order valence-corrected chi connectivity index (χ4v) is 1.98. The molecule has 0 aliphatic rings. The fraction of sp³-hybridized carbons (Fsp3) is 0.214. The molecule has 0 radical (unpaired) electrons. The number of pyridine rings is 1. The predicted octanol–water partition coefficient (Wildman–Crippen LogP) is 3.07. The lowest BCUT2D eigenvalue weighted by Crippen LogP contribution is -2.16. The van der Waals surface area contributed by atoms with Crippen LogP contribution < -0.4 is 5.32 Å². The van der Waals surface area contributed by atoms with Crippen LogP contribution in [0.25, 0.3) is 10.8 Å². The van der Waals surface area contributed by atoms with Crippen molar-refractivity contribution in [2.45, 2.75) is 12.5 Å². The van der Waals surface area contributed by atoms with E-state index < -0.39 is 0 Å². The van der Waals surface area contributed by atoms with Gasteiger partial charge in [0, 0.05) is 23.8 Å². The molecule has 1 unspecified atom stereocenters. The van der Waals surface area contributed by atoms with Crippen molar-refractivity contribution in [1.82, 2.24) is 10.3 Å². The molecule has 0 aliphatic carbocycles. The van der Waals surface area contributed by atoms with Gasteiger partial charge in [0.1, 0.15) is 0 Å². The first-order valence-corrected chi connectivity index (χ1v) is 5.47. The molecule has 82 valence electrons. The van der Waals surface area contributed by atoms with Gasteiger partial charge in [0.25, 0.3) is 0 Å². The van der Waals surface area contributed by atoms with E-state index in [1.807, 2.05) is 31.6 Å². The highest BCUT2D eigenvalue weighted by atomic mass is 14.9. The van der Waals surface area contributed by atoms with Crippen LogP contribution in [0.3, 0.4) is 0 Å². The van der Waals surface area contributed by atoms with E-state index in [1.165, 1.54) is 16.3 Å². The molecule has 0 amide bonds. The Morgan fingerprint density at radius 1 is 1.38 bits per heavy atom. The Morgan fingerprint density at radius 3 is 2.94 bits per heavy atom. The zero-order valence-electron chi connectivity index (χ0n) is 9.48. The molecule has 2 heteroatoms. The summed E-state index contributed by atoms with van der Waals surface area (Å²) >= 11 is 0. The summed E-state index contributed by atoms with van der Waals surface area (Å²) in [6, 6.07) is 8.62. The highest BCUT2D eigenvalue weighted by Gasteiger charge is 2.10. The van der Waals surface area contributed by atoms with Gasteiger partial charge in [-0.3, -0.25) is 4.98 Å². The smallest absolute Gasteiger partial charge is 0.0373 e. The normalized spacial score (nSPS) is 12.6. The number of nitrogens with one attached hydrogen (secondary N) is 1. The van der Waals surface area contributed by atoms with Crippen molar-refractivity contribution in [1.29, 1.82) is 0 Å². The van der Waals surface area contributed by atoms with Gasteiger partial charge in [-0.1, -0.05) is 30.3 Å². The minimum absolute atomic E-state index is 0.288. The number of fused-ring (bicyclic) bond motifs is 1. The Labute approximate surface area is 96.0 Å². The van der Waals surface area contributed by atoms with Crippen LogP contribution in [-0.4, -0.2) is 12.0 Å². The third-order valence-corrected chi connectivity index (χ3v) is 2.83. The third-order valence-electron chi connectivity index (χ3n) is 2.83. The molecule has 1 N–H and O–H groups in total. The standard InChI is InChI=1S/C14H16N2/c1-3-6-14(15-2)13-10-16-9-11-7-4-5-8-12(11)13/h3-5,7-10,14-15H,1,6H2,2H3. The van der Waals surface area contributed by atoms with E-state index in [9.17, 15) is 0 Å². The van der Waals surface area contributed by atoms with Gasteiger partial charge in [0.15, 0.2) is 0 Å². The average Bonchev–Trinajstić information content (AvgIpc) is 2.35. The van der Waals surface area contributed by atoms with E-state index in [0.717, 1.165) is 6.42 Å². The van der Waals surface area contributed by atoms with Crippen LogP contribution in [-0.2, 0) is 0 Å². The molecule has 0 saturated heterocycles. The van der Waals surface area contributed by atoms with Gasteiger partial charge in [-0.15, -0.1) is 6.58 Å². The Bertz CT molecular complexity index is 486. The van der Waals surface area contributed by atoms with E-state index in [2.05, 4.69) is 35.1 Å². The molecular weight excluding hydrogens is 196 g/mol. The molecular formula is C14H16N2. The van der Waals surface area contributed by atoms with Crippen molar-refractivity contribution in [3.05, 3.63) is 54.9 Å². The summed E-state index contributed by atoms with van der Waals surface area (Å²) in [4.78, 5) is 4.29. The number of aromatic nitrogens is 1. The monoisotopic (exact) mass is 212 g/mol. The summed E-state index contributed by atoms with van der Waals surface area (Å²) in [6.45, 7) is 3.79. The summed E-state index contributed by atoms with van der Waals surface area (Å²) in [6.07, 6.45) is 6.68. The fourth-order valence-electron chi connectivity index (χ4n) is 1.98. The average molecular weight is 212 g/mol. The summed E-state index contributed by atoms with van der Waals surface area (Å²) < 4.78 is 0. The van der Waals surface area contributed by atoms with Crippen molar-refractivity contribution in [2.75, 3.05) is 7.05 Å². The van der Waals surface area contributed by atoms with Crippen LogP contribution in [0, 0.1) is 0 Å². The Hall–Kier alpha value is -1.67. The molecule has 1 aromatic heterocycles. The second-order valence-corrected chi connectivity index (χ2v) is 3.82. The lowest BCUT2D eigenvalue weighted by molar-refractivity contribution is 0.606. The maximum atomic E-state index is 4.29. The SMILES string of the molecule is C=CCC(NC)c1cncc2ccccc12. The highest BCUT2D eigenvalue weighted by Crippen LogP contribution is 2.24. The summed E-state index contributed by atoms with van der Waals surface area (Å²) in [5.74, 6) is 0. The third kappa shape index (κ3) is 1.97. The Balaban J connectivity index is 2.54. The molecule has 0 spiro atoms. The molecule has 2 nitrogen and oxygen atoms in total. The molecule has 16 heavy (non-hydrogen) atoms. The first-order valence-electron chi connectivity index (χ1n) is 5.47. The number of hydrogen-bond acceptors (Lipinski definition) is 2. The minimum atomic E-state index is 0.288. The number of nitrogens with zero attached hydrogens (tertiary/aromatic N) is 1. The second kappa shape index (κ2) is 4.90. The molecule has 0 bridgehead atoms. The molecule has 2 rings (SSSR count). The molecule has 1 heterocycles. The molecule has 1 aromatic carbocycles. The van der Waals surface area contributed by atoms with Gasteiger partial charge in [-0.25, -0.2) is 0 Å². The van der Waals surface area contributed by atoms with Crippen molar-refractivity contribution in [3.8, 4) is 0 Å². The van der Waals surface area contributed by atoms with E-state index in [0.29, 0.717) is 0 Å². The minimum Gasteiger partial charge on any atom is -0.313 e. The van der Waals surface area contributed by atoms with Crippen LogP contribution in [0.15, 0.2) is 49.3 Å². The highest BCUT2D eigenvalue weighted by molar-refractivity contribution is 5.85. The topological polar surface area (TPSA) is 24.9 Å². The van der Waals surface area contributed by atoms with E-state index in [4.69, 9.17) is 0 Å². The van der Waals surface area contributed by atoms with Crippen LogP contribution >= 0.6 is 0 Å². The van der Waals surface area contributed by atoms with Crippen LogP contribution in [0.2, 0.25) is 0 Å². The Kier molecular flexibility index (Phi) is 3.32. The predicted molar refractivity (Wildman–Crippen MR) is 68.4 cm³/mol. The van der Waals surface area contributed by atoms with Crippen molar-refractivity contribution < 1.29 is 0 Å². The van der Waals surface area contributed by atoms with Crippen LogP contribution in [0.5, 0.6) is 0 Å². The van der Waals surface area contributed by atoms with Gasteiger partial charge < -0.3 is 5.32 Å². The summed E-state index contributed by atoms with van der Waals surface area (Å²) in [5.41, 5.74) is 1.24. The van der Waals surface area contributed by atoms with Crippen molar-refractivity contribution in [2.24, 2.45) is 0 Å². The number of hydrogen-bond donors (Lipinski definition) is 1. The van der Waals surface area contributed by atoms with Gasteiger partial charge >= 0.3 is 0 Å². The zero-order valence-corrected chi connectivity index (χ0v) is 9.48. The van der Waals surface area contributed by atoms with Crippen LogP contribution in [0.1, 0.15) is 18.0 Å². The van der Waals surface area contributed by atoms with Crippen LogP contribution in [0.4, 0.5) is 0 Å². The van der Waals surface area contributed by atoms with Gasteiger partial charge in [-0.05, 0) is 24.4 Å². The molecule has 2 aromatic rings. The summed E-state index contributed by atoms with van der Waals surface area (Å²) in [7, 11) is 1.97. The first kappa shape index (κ1) is 10.8. The number of rotatable bonds is 4. The largest absolute Gasteiger partial charge is 0.313 e. The lowest BCUT2D eigenvalue weighted by atomic mass is 9.99. The van der Waals surface area contributed by atoms with E-state index >= 15 is 0 Å². The zero-order chi connectivity index (χ0) is 11.4. The van der Waals surface area contributed by atoms with Gasteiger partial charge in [0.2, 0.25) is 0 Å². The molecule has 0 saturated carbocycles. The van der Waals surface area contributed by atoms with Crippen molar-refractivity contribution in [3.63, 3.8) is 0 Å². The van der Waals surface area contributed by atoms with Crippen molar-refractivity contribution >= 4 is 10.8 Å². The second-order valence-electron chi connectivity index (χ2n) is 3.82. The van der Waals surface area contributed by atoms with E-state index in [1.54, 1.807) is 0 Å². The molecule has 0 aliphatic heterocycles. The maximum Gasteiger partial charge on any atom is 0.0373 e. The number of benzene rings is 1. The first-order chi connectivity index (χ1) is 7.86. The molecule has 0 fully saturated rings. The van der Waals surface area contributed by atoms with Gasteiger partial charge in [0.05, 0.1) is 0 Å². The maximum absolute atomic E-state index is 4.29. The molecule has 1 atom stereocenters. The lowest BCUT2D eigenvalue weighted by Gasteiger charge is -2.16. The Morgan fingerprint density at radius 2 is 2.19 bits per heavy atom.